The third-order valence-electron chi connectivity index (χ3n) is 11.5. The Morgan fingerprint density at radius 2 is 1.12 bits per heavy atom. The summed E-state index contributed by atoms with van der Waals surface area (Å²) in [5.41, 5.74) is 9.20. The fourth-order valence-corrected chi connectivity index (χ4v) is 10.0. The summed E-state index contributed by atoms with van der Waals surface area (Å²) in [7, 11) is -2.59. The van der Waals surface area contributed by atoms with Crippen LogP contribution in [0.4, 0.5) is 13.2 Å². The first kappa shape index (κ1) is 54.1. The summed E-state index contributed by atoms with van der Waals surface area (Å²) in [6, 6.07) is 33.7. The molecule has 6 aromatic rings. The molecular formula is C54H67F3IrN2O2Si2-2. The van der Waals surface area contributed by atoms with Crippen LogP contribution < -0.4 is 10.4 Å². The van der Waals surface area contributed by atoms with Gasteiger partial charge in [0.25, 0.3) is 0 Å². The van der Waals surface area contributed by atoms with Crippen molar-refractivity contribution in [3.63, 3.8) is 0 Å². The Hall–Kier alpha value is -4.22. The molecule has 2 aromatic heterocycles. The quantitative estimate of drug-likeness (QED) is 0.0574. The standard InChI is InChI=1S/C21H24NSi.C20H22NSi.C13H21F3O2.Ir/c1-6-16-11-15(2)12-18(13-16)21-20-8-7-19(23(3,4)5)14-17(20)9-10-22-21;1-14-10-15(2)12-17(11-14)20-19-7-6-18(22(3,4)5)13-16(19)8-9-21-20;1-4-9(5-2)11(17)7-12(18)10(6-3)8-13(14,15)16;/h7-11,13-14H,6H2,1-5H3;6-11,13H,1-5H3;7,9-10,18H,4-6,8H2,1-3H3;/q2*-1;;/b;;12-7-;. The van der Waals surface area contributed by atoms with Gasteiger partial charge in [0.2, 0.25) is 0 Å². The van der Waals surface area contributed by atoms with Crippen molar-refractivity contribution >= 4 is 53.8 Å². The van der Waals surface area contributed by atoms with Crippen LogP contribution in [0.3, 0.4) is 0 Å². The Morgan fingerprint density at radius 1 is 0.672 bits per heavy atom. The number of benzene rings is 4. The molecule has 0 saturated carbocycles. The number of hydrogen-bond acceptors (Lipinski definition) is 4. The number of carbonyl (C=O) groups excluding carboxylic acids is 1. The Bertz CT molecular complexity index is 2520. The van der Waals surface area contributed by atoms with Crippen LogP contribution in [0.2, 0.25) is 39.3 Å². The number of pyridine rings is 2. The molecule has 4 nitrogen and oxygen atoms in total. The van der Waals surface area contributed by atoms with E-state index in [-0.39, 0.29) is 38.2 Å². The normalized spacial score (nSPS) is 12.5. The fraction of sp³-hybridized carbons (Fsp3) is 0.389. The number of aryl methyl sites for hydroxylation is 4. The third-order valence-corrected chi connectivity index (χ3v) is 15.5. The number of nitrogens with zero attached hydrogens (tertiary/aromatic N) is 2. The number of aliphatic hydroxyl groups is 1. The van der Waals surface area contributed by atoms with Gasteiger partial charge in [0, 0.05) is 50.4 Å². The van der Waals surface area contributed by atoms with Crippen LogP contribution >= 0.6 is 0 Å². The number of allylic oxidation sites excluding steroid dienone is 2. The first-order valence-corrected chi connectivity index (χ1v) is 29.3. The summed E-state index contributed by atoms with van der Waals surface area (Å²) < 4.78 is 36.8. The molecular weight excluding hydrogens is 1010 g/mol. The summed E-state index contributed by atoms with van der Waals surface area (Å²) in [5, 5.41) is 17.6. The molecule has 345 valence electrons. The topological polar surface area (TPSA) is 63.1 Å². The second-order valence-corrected chi connectivity index (χ2v) is 28.9. The fourth-order valence-electron chi connectivity index (χ4n) is 7.67. The number of fused-ring (bicyclic) bond motifs is 2. The molecule has 1 N–H and O–H groups in total. The summed E-state index contributed by atoms with van der Waals surface area (Å²) in [4.78, 5) is 21.0. The minimum Gasteiger partial charge on any atom is -0.512 e. The van der Waals surface area contributed by atoms with Gasteiger partial charge in [-0.2, -0.15) is 13.2 Å². The monoisotopic (exact) mass is 1080 g/mol. The van der Waals surface area contributed by atoms with E-state index < -0.39 is 40.4 Å². The predicted molar refractivity (Wildman–Crippen MR) is 266 cm³/mol. The molecule has 0 aliphatic rings. The van der Waals surface area contributed by atoms with E-state index in [1.807, 2.05) is 26.2 Å². The van der Waals surface area contributed by atoms with Crippen LogP contribution in [0.5, 0.6) is 0 Å². The van der Waals surface area contributed by atoms with E-state index in [0.29, 0.717) is 12.8 Å². The van der Waals surface area contributed by atoms with Gasteiger partial charge in [-0.25, -0.2) is 0 Å². The molecule has 1 radical (unpaired) electrons. The third kappa shape index (κ3) is 15.2. The SMILES string of the molecule is CCC(CC)C(=O)/C=C(\O)C(CC)CC(F)(F)F.CCc1cc(C)[c-]c(-c2nccc3cc([Si](C)(C)C)ccc23)c1.Cc1[c-]c(-c2nccc3cc([Si](C)(C)C)ccc23)cc(C)c1.[Ir]. The van der Waals surface area contributed by atoms with Gasteiger partial charge in [0.15, 0.2) is 5.78 Å². The van der Waals surface area contributed by atoms with Gasteiger partial charge in [-0.05, 0) is 70.7 Å². The predicted octanol–water partition coefficient (Wildman–Crippen LogP) is 14.4. The molecule has 0 aliphatic heterocycles. The molecule has 0 amide bonds. The number of alkyl halides is 3. The number of carbonyl (C=O) groups is 1. The molecule has 64 heavy (non-hydrogen) atoms. The Balaban J connectivity index is 0.000000256. The average molecular weight is 1080 g/mol. The summed E-state index contributed by atoms with van der Waals surface area (Å²) in [5.74, 6) is -2.00. The molecule has 0 bridgehead atoms. The van der Waals surface area contributed by atoms with Crippen molar-refractivity contribution in [2.75, 3.05) is 0 Å². The smallest absolute Gasteiger partial charge is 0.389 e. The van der Waals surface area contributed by atoms with Crippen LogP contribution in [0.15, 0.2) is 97.0 Å². The first-order chi connectivity index (χ1) is 29.5. The number of halogens is 3. The van der Waals surface area contributed by atoms with Gasteiger partial charge in [-0.1, -0.05) is 135 Å². The van der Waals surface area contributed by atoms with Gasteiger partial charge < -0.3 is 15.1 Å². The summed E-state index contributed by atoms with van der Waals surface area (Å²) in [6.07, 6.45) is 1.81. The van der Waals surface area contributed by atoms with Gasteiger partial charge in [0.1, 0.15) is 0 Å². The van der Waals surface area contributed by atoms with Crippen molar-refractivity contribution in [3.8, 4) is 22.5 Å². The van der Waals surface area contributed by atoms with Crippen LogP contribution in [-0.4, -0.2) is 43.2 Å². The van der Waals surface area contributed by atoms with Crippen LogP contribution in [0.1, 0.15) is 75.6 Å². The minimum atomic E-state index is -4.33. The Kier molecular flexibility index (Phi) is 19.7. The second kappa shape index (κ2) is 23.3. The maximum absolute atomic E-state index is 12.3. The number of hydrogen-bond donors (Lipinski definition) is 1. The number of ketones is 1. The Morgan fingerprint density at radius 3 is 1.53 bits per heavy atom. The molecule has 1 atom stereocenters. The first-order valence-electron chi connectivity index (χ1n) is 22.3. The van der Waals surface area contributed by atoms with Crippen LogP contribution in [0.25, 0.3) is 44.1 Å². The van der Waals surface area contributed by atoms with Gasteiger partial charge in [-0.3, -0.25) is 4.79 Å². The average Bonchev–Trinajstić information content (AvgIpc) is 3.21. The molecule has 0 fully saturated rings. The Labute approximate surface area is 396 Å². The van der Waals surface area contributed by atoms with Crippen molar-refractivity contribution in [2.45, 2.75) is 126 Å². The van der Waals surface area contributed by atoms with E-state index in [2.05, 4.69) is 162 Å². The zero-order valence-electron chi connectivity index (χ0n) is 40.1. The van der Waals surface area contributed by atoms with Crippen molar-refractivity contribution in [3.05, 3.63) is 131 Å². The van der Waals surface area contributed by atoms with E-state index in [9.17, 15) is 23.1 Å². The van der Waals surface area contributed by atoms with Gasteiger partial charge in [-0.15, -0.1) is 69.8 Å². The van der Waals surface area contributed by atoms with E-state index >= 15 is 0 Å². The van der Waals surface area contributed by atoms with Gasteiger partial charge >= 0.3 is 6.18 Å². The molecule has 1 unspecified atom stereocenters. The maximum atomic E-state index is 12.3. The largest absolute Gasteiger partial charge is 0.512 e. The number of aliphatic hydroxyl groups excluding tert-OH is 1. The molecule has 0 aliphatic carbocycles. The maximum Gasteiger partial charge on any atom is 0.389 e. The number of aromatic nitrogens is 2. The van der Waals surface area contributed by atoms with Crippen molar-refractivity contribution in [1.82, 2.24) is 9.97 Å². The molecule has 4 aromatic carbocycles. The molecule has 10 heteroatoms. The molecule has 6 rings (SSSR count). The van der Waals surface area contributed by atoms with Gasteiger partial charge in [0.05, 0.1) is 28.3 Å². The zero-order valence-corrected chi connectivity index (χ0v) is 44.5. The van der Waals surface area contributed by atoms with Crippen molar-refractivity contribution < 1.29 is 43.2 Å². The summed E-state index contributed by atoms with van der Waals surface area (Å²) >= 11 is 0. The van der Waals surface area contributed by atoms with E-state index in [1.54, 1.807) is 6.92 Å². The van der Waals surface area contributed by atoms with Crippen LogP contribution in [-0.2, 0) is 31.3 Å². The van der Waals surface area contributed by atoms with Crippen molar-refractivity contribution in [1.29, 1.82) is 0 Å². The van der Waals surface area contributed by atoms with E-state index in [0.717, 1.165) is 40.6 Å². The van der Waals surface area contributed by atoms with E-state index in [4.69, 9.17) is 0 Å². The number of rotatable bonds is 12. The van der Waals surface area contributed by atoms with E-state index in [1.165, 1.54) is 48.6 Å². The summed E-state index contributed by atoms with van der Waals surface area (Å²) in [6.45, 7) is 28.1. The minimum absolute atomic E-state index is 0. The molecule has 0 spiro atoms. The van der Waals surface area contributed by atoms with Crippen LogP contribution in [0, 0.1) is 44.7 Å². The second-order valence-electron chi connectivity index (χ2n) is 18.8. The van der Waals surface area contributed by atoms with Crippen molar-refractivity contribution in [2.24, 2.45) is 11.8 Å². The molecule has 0 saturated heterocycles. The zero-order chi connectivity index (χ0) is 46.9. The molecule has 2 heterocycles.